The van der Waals surface area contributed by atoms with Crippen LogP contribution >= 0.6 is 0 Å². The summed E-state index contributed by atoms with van der Waals surface area (Å²) in [6, 6.07) is 8.92. The average molecular weight is 482 g/mol. The lowest BCUT2D eigenvalue weighted by Gasteiger charge is -2.15. The zero-order valence-corrected chi connectivity index (χ0v) is 16.7. The second kappa shape index (κ2) is 8.57. The van der Waals surface area contributed by atoms with E-state index in [0.29, 0.717) is 23.5 Å². The Balaban J connectivity index is 1.52. The fourth-order valence-corrected chi connectivity index (χ4v) is 2.89. The first-order chi connectivity index (χ1) is 16.0. The summed E-state index contributed by atoms with van der Waals surface area (Å²) in [6.07, 6.45) is -8.66. The molecule has 0 aliphatic carbocycles. The molecule has 7 nitrogen and oxygen atoms in total. The Morgan fingerprint density at radius 2 is 1.41 bits per heavy atom. The van der Waals surface area contributed by atoms with Crippen molar-refractivity contribution in [3.8, 4) is 23.1 Å². The van der Waals surface area contributed by atoms with Gasteiger partial charge in [0.15, 0.2) is 5.76 Å². The zero-order chi connectivity index (χ0) is 24.5. The molecule has 2 aromatic carbocycles. The number of carbonyl (C=O) groups is 1. The first-order valence-corrected chi connectivity index (χ1v) is 9.34. The van der Waals surface area contributed by atoms with Crippen molar-refractivity contribution >= 4 is 17.4 Å². The first-order valence-electron chi connectivity index (χ1n) is 9.34. The molecule has 4 aromatic rings. The van der Waals surface area contributed by atoms with Gasteiger partial charge in [-0.2, -0.15) is 26.3 Å². The molecule has 0 radical (unpaired) electrons. The van der Waals surface area contributed by atoms with Crippen molar-refractivity contribution in [1.82, 2.24) is 10.2 Å². The second-order valence-corrected chi connectivity index (χ2v) is 6.84. The number of hydrogen-bond acceptors (Lipinski definition) is 5. The molecule has 2 amide bonds. The van der Waals surface area contributed by atoms with Gasteiger partial charge >= 0.3 is 18.4 Å². The Morgan fingerprint density at radius 1 is 0.765 bits per heavy atom. The number of hydrogen-bond donors (Lipinski definition) is 2. The van der Waals surface area contributed by atoms with E-state index in [2.05, 4.69) is 15.5 Å². The van der Waals surface area contributed by atoms with Gasteiger partial charge in [-0.3, -0.25) is 0 Å². The van der Waals surface area contributed by atoms with Crippen LogP contribution in [0.3, 0.4) is 0 Å². The van der Waals surface area contributed by atoms with Crippen molar-refractivity contribution in [1.29, 1.82) is 0 Å². The summed E-state index contributed by atoms with van der Waals surface area (Å²) in [7, 11) is 0. The minimum absolute atomic E-state index is 0.0338. The van der Waals surface area contributed by atoms with Gasteiger partial charge in [-0.05, 0) is 48.5 Å². The van der Waals surface area contributed by atoms with Crippen molar-refractivity contribution in [2.75, 3.05) is 10.6 Å². The molecule has 4 rings (SSSR count). The Morgan fingerprint density at radius 3 is 2.03 bits per heavy atom. The third-order valence-electron chi connectivity index (χ3n) is 4.37. The molecule has 0 fully saturated rings. The van der Waals surface area contributed by atoms with Crippen molar-refractivity contribution in [2.45, 2.75) is 12.4 Å². The van der Waals surface area contributed by atoms with E-state index >= 15 is 0 Å². The normalized spacial score (nSPS) is 11.9. The van der Waals surface area contributed by atoms with E-state index < -0.39 is 35.2 Å². The molecule has 2 aromatic heterocycles. The summed E-state index contributed by atoms with van der Waals surface area (Å²) in [5, 5.41) is 12.0. The molecule has 0 saturated carbocycles. The van der Waals surface area contributed by atoms with Gasteiger partial charge in [-0.15, -0.1) is 10.2 Å². The second-order valence-electron chi connectivity index (χ2n) is 6.84. The van der Waals surface area contributed by atoms with Crippen LogP contribution in [0.25, 0.3) is 23.1 Å². The molecule has 0 unspecified atom stereocenters. The molecule has 0 saturated heterocycles. The van der Waals surface area contributed by atoms with E-state index in [1.807, 2.05) is 5.32 Å². The summed E-state index contributed by atoms with van der Waals surface area (Å²) in [4.78, 5) is 12.3. The maximum atomic E-state index is 13.0. The van der Waals surface area contributed by atoms with Gasteiger partial charge in [0.25, 0.3) is 5.89 Å². The predicted molar refractivity (Wildman–Crippen MR) is 107 cm³/mol. The van der Waals surface area contributed by atoms with Crippen molar-refractivity contribution in [2.24, 2.45) is 0 Å². The standard InChI is InChI=1S/C21H12F6N4O3/c22-20(23,24)12-8-13(21(25,26)27)10-15(9-12)29-19(32)28-14-4-1-3-11(7-14)17-30-31-18(34-17)16-5-2-6-33-16/h1-10H,(H2,28,29,32). The Kier molecular flexibility index (Phi) is 5.77. The van der Waals surface area contributed by atoms with Gasteiger partial charge in [0.2, 0.25) is 5.89 Å². The molecule has 2 heterocycles. The van der Waals surface area contributed by atoms with Crippen molar-refractivity contribution in [3.63, 3.8) is 0 Å². The molecular formula is C21H12F6N4O3. The van der Waals surface area contributed by atoms with Gasteiger partial charge in [-0.25, -0.2) is 4.79 Å². The third kappa shape index (κ3) is 5.19. The van der Waals surface area contributed by atoms with Crippen LogP contribution in [0.1, 0.15) is 11.1 Å². The van der Waals surface area contributed by atoms with Crippen LogP contribution in [-0.2, 0) is 12.4 Å². The number of nitrogens with zero attached hydrogens (tertiary/aromatic N) is 2. The van der Waals surface area contributed by atoms with Gasteiger partial charge in [0.05, 0.1) is 17.4 Å². The monoisotopic (exact) mass is 482 g/mol. The number of nitrogens with one attached hydrogen (secondary N) is 2. The largest absolute Gasteiger partial charge is 0.459 e. The minimum Gasteiger partial charge on any atom is -0.459 e. The molecule has 0 aliphatic rings. The maximum absolute atomic E-state index is 13.0. The summed E-state index contributed by atoms with van der Waals surface area (Å²) in [5.41, 5.74) is -3.24. The first kappa shape index (κ1) is 22.9. The number of rotatable bonds is 4. The predicted octanol–water partition coefficient (Wildman–Crippen LogP) is 6.68. The van der Waals surface area contributed by atoms with Crippen LogP contribution in [0.5, 0.6) is 0 Å². The Hall–Kier alpha value is -4.29. The molecule has 2 N–H and O–H groups in total. The number of aromatic nitrogens is 2. The molecule has 0 atom stereocenters. The van der Waals surface area contributed by atoms with Gasteiger partial charge in [0, 0.05) is 16.9 Å². The van der Waals surface area contributed by atoms with E-state index in [9.17, 15) is 31.1 Å². The molecule has 13 heteroatoms. The summed E-state index contributed by atoms with van der Waals surface area (Å²) < 4.78 is 88.6. The molecule has 0 spiro atoms. The highest BCUT2D eigenvalue weighted by Gasteiger charge is 2.37. The quantitative estimate of drug-likeness (QED) is 0.317. The minimum atomic E-state index is -5.04. The maximum Gasteiger partial charge on any atom is 0.416 e. The van der Waals surface area contributed by atoms with Crippen LogP contribution in [0, 0.1) is 0 Å². The van der Waals surface area contributed by atoms with E-state index in [1.54, 1.807) is 18.2 Å². The highest BCUT2D eigenvalue weighted by molar-refractivity contribution is 6.00. The molecule has 0 aliphatic heterocycles. The smallest absolute Gasteiger partial charge is 0.416 e. The fraction of sp³-hybridized carbons (Fsp3) is 0.0952. The van der Waals surface area contributed by atoms with Crippen LogP contribution < -0.4 is 10.6 Å². The molecule has 176 valence electrons. The fourth-order valence-electron chi connectivity index (χ4n) is 2.89. The van der Waals surface area contributed by atoms with Gasteiger partial charge in [-0.1, -0.05) is 6.07 Å². The van der Waals surface area contributed by atoms with Crippen LogP contribution in [-0.4, -0.2) is 16.2 Å². The Bertz CT molecular complexity index is 1280. The third-order valence-corrected chi connectivity index (χ3v) is 4.37. The number of amides is 2. The number of furan rings is 1. The number of urea groups is 1. The highest BCUT2D eigenvalue weighted by Crippen LogP contribution is 2.37. The van der Waals surface area contributed by atoms with Crippen LogP contribution in [0.2, 0.25) is 0 Å². The van der Waals surface area contributed by atoms with Gasteiger partial charge < -0.3 is 19.5 Å². The number of carbonyl (C=O) groups excluding carboxylic acids is 1. The summed E-state index contributed by atoms with van der Waals surface area (Å²) in [6.45, 7) is 0. The molecule has 34 heavy (non-hydrogen) atoms. The van der Waals surface area contributed by atoms with E-state index in [0.717, 1.165) is 0 Å². The van der Waals surface area contributed by atoms with E-state index in [-0.39, 0.29) is 23.5 Å². The van der Waals surface area contributed by atoms with E-state index in [4.69, 9.17) is 8.83 Å². The highest BCUT2D eigenvalue weighted by atomic mass is 19.4. The lowest BCUT2D eigenvalue weighted by atomic mass is 10.1. The van der Waals surface area contributed by atoms with Crippen LogP contribution in [0.4, 0.5) is 42.5 Å². The zero-order valence-electron chi connectivity index (χ0n) is 16.7. The molecule has 0 bridgehead atoms. The van der Waals surface area contributed by atoms with E-state index in [1.165, 1.54) is 24.5 Å². The molecular weight excluding hydrogens is 470 g/mol. The van der Waals surface area contributed by atoms with Gasteiger partial charge in [0.1, 0.15) is 0 Å². The number of anilines is 2. The lowest BCUT2D eigenvalue weighted by Crippen LogP contribution is -2.20. The van der Waals surface area contributed by atoms with Crippen molar-refractivity contribution < 1.29 is 40.0 Å². The number of alkyl halides is 6. The number of benzene rings is 2. The SMILES string of the molecule is O=C(Nc1cccc(-c2nnc(-c3ccco3)o2)c1)Nc1cc(C(F)(F)F)cc(C(F)(F)F)c1. The van der Waals surface area contributed by atoms with Crippen LogP contribution in [0.15, 0.2) is 69.7 Å². The van der Waals surface area contributed by atoms with Crippen molar-refractivity contribution in [3.05, 3.63) is 72.0 Å². The summed E-state index contributed by atoms with van der Waals surface area (Å²) in [5.74, 6) is 0.538. The number of halogens is 6. The lowest BCUT2D eigenvalue weighted by molar-refractivity contribution is -0.143. The topological polar surface area (TPSA) is 93.2 Å². The average Bonchev–Trinajstić information content (AvgIpc) is 3.44. The summed E-state index contributed by atoms with van der Waals surface area (Å²) >= 11 is 0. The Labute approximate surface area is 186 Å².